The summed E-state index contributed by atoms with van der Waals surface area (Å²) in [7, 11) is 4.10. The van der Waals surface area contributed by atoms with Crippen molar-refractivity contribution in [1.82, 2.24) is 9.80 Å². The van der Waals surface area contributed by atoms with Gasteiger partial charge >= 0.3 is 11.9 Å². The van der Waals surface area contributed by atoms with Crippen LogP contribution in [0.3, 0.4) is 0 Å². The largest absolute Gasteiger partial charge is 0.459 e. The third-order valence-electron chi connectivity index (χ3n) is 2.98. The molecule has 0 aliphatic carbocycles. The van der Waals surface area contributed by atoms with Crippen LogP contribution in [0.25, 0.3) is 0 Å². The molecular formula is C12H22N2O3. The number of esters is 1. The number of likely N-dealkylation sites (tertiary alicyclic amines) is 1. The maximum Gasteiger partial charge on any atom is 0.397 e. The van der Waals surface area contributed by atoms with E-state index in [1.54, 1.807) is 11.8 Å². The van der Waals surface area contributed by atoms with Crippen molar-refractivity contribution in [2.75, 3.05) is 40.3 Å². The van der Waals surface area contributed by atoms with Crippen LogP contribution in [0, 0.1) is 5.92 Å². The fourth-order valence-electron chi connectivity index (χ4n) is 2.16. The van der Waals surface area contributed by atoms with Crippen molar-refractivity contribution in [2.45, 2.75) is 19.8 Å². The summed E-state index contributed by atoms with van der Waals surface area (Å²) in [5.41, 5.74) is 0. The molecule has 0 unspecified atom stereocenters. The minimum absolute atomic E-state index is 0.252. The Morgan fingerprint density at radius 2 is 1.88 bits per heavy atom. The van der Waals surface area contributed by atoms with Gasteiger partial charge in [0.05, 0.1) is 6.61 Å². The van der Waals surface area contributed by atoms with Crippen molar-refractivity contribution in [1.29, 1.82) is 0 Å². The summed E-state index contributed by atoms with van der Waals surface area (Å²) >= 11 is 0. The van der Waals surface area contributed by atoms with Crippen LogP contribution < -0.4 is 0 Å². The molecule has 0 spiro atoms. The Morgan fingerprint density at radius 3 is 2.35 bits per heavy atom. The van der Waals surface area contributed by atoms with Crippen molar-refractivity contribution >= 4 is 11.9 Å². The second-order valence-corrected chi connectivity index (χ2v) is 4.72. The summed E-state index contributed by atoms with van der Waals surface area (Å²) in [6.45, 7) is 4.32. The molecule has 0 radical (unpaired) electrons. The van der Waals surface area contributed by atoms with Crippen LogP contribution in [0.4, 0.5) is 0 Å². The number of rotatable bonds is 3. The monoisotopic (exact) mass is 242 g/mol. The highest BCUT2D eigenvalue weighted by molar-refractivity contribution is 6.32. The van der Waals surface area contributed by atoms with Gasteiger partial charge in [-0.25, -0.2) is 4.79 Å². The predicted molar refractivity (Wildman–Crippen MR) is 64.5 cm³/mol. The molecule has 5 heteroatoms. The van der Waals surface area contributed by atoms with E-state index in [4.69, 9.17) is 4.74 Å². The molecule has 0 N–H and O–H groups in total. The zero-order chi connectivity index (χ0) is 12.8. The number of piperidine rings is 1. The van der Waals surface area contributed by atoms with Crippen molar-refractivity contribution in [2.24, 2.45) is 5.92 Å². The summed E-state index contributed by atoms with van der Waals surface area (Å²) in [6, 6.07) is 0. The lowest BCUT2D eigenvalue weighted by Gasteiger charge is -2.32. The van der Waals surface area contributed by atoms with Gasteiger partial charge < -0.3 is 14.5 Å². The van der Waals surface area contributed by atoms with E-state index in [0.717, 1.165) is 19.4 Å². The summed E-state index contributed by atoms with van der Waals surface area (Å²) in [5, 5.41) is 0. The second-order valence-electron chi connectivity index (χ2n) is 4.72. The maximum absolute atomic E-state index is 11.7. The Bertz CT molecular complexity index is 271. The van der Waals surface area contributed by atoms with Crippen LogP contribution in [-0.2, 0) is 14.3 Å². The highest BCUT2D eigenvalue weighted by Crippen LogP contribution is 2.17. The molecule has 0 aromatic carbocycles. The molecule has 1 rings (SSSR count). The lowest BCUT2D eigenvalue weighted by atomic mass is 9.96. The van der Waals surface area contributed by atoms with Crippen LogP contribution in [0.5, 0.6) is 0 Å². The molecule has 1 saturated heterocycles. The highest BCUT2D eigenvalue weighted by Gasteiger charge is 2.27. The van der Waals surface area contributed by atoms with Gasteiger partial charge in [0.15, 0.2) is 0 Å². The zero-order valence-corrected chi connectivity index (χ0v) is 10.9. The second kappa shape index (κ2) is 6.59. The Morgan fingerprint density at radius 1 is 1.29 bits per heavy atom. The molecule has 98 valence electrons. The van der Waals surface area contributed by atoms with Gasteiger partial charge in [-0.3, -0.25) is 4.79 Å². The average Bonchev–Trinajstić information content (AvgIpc) is 2.28. The molecule has 0 saturated carbocycles. The van der Waals surface area contributed by atoms with E-state index in [9.17, 15) is 9.59 Å². The number of nitrogens with zero attached hydrogens (tertiary/aromatic N) is 2. The normalized spacial score (nSPS) is 17.3. The molecule has 0 bridgehead atoms. The first-order valence-corrected chi connectivity index (χ1v) is 6.15. The van der Waals surface area contributed by atoms with E-state index in [0.29, 0.717) is 19.0 Å². The van der Waals surface area contributed by atoms with Gasteiger partial charge in [0.2, 0.25) is 0 Å². The molecule has 1 fully saturated rings. The van der Waals surface area contributed by atoms with Crippen molar-refractivity contribution in [3.8, 4) is 0 Å². The summed E-state index contributed by atoms with van der Waals surface area (Å²) in [5.74, 6) is -0.593. The third-order valence-corrected chi connectivity index (χ3v) is 2.98. The molecule has 1 aliphatic heterocycles. The number of carbonyl (C=O) groups excluding carboxylic acids is 2. The first-order valence-electron chi connectivity index (χ1n) is 6.15. The van der Waals surface area contributed by atoms with Crippen molar-refractivity contribution in [3.63, 3.8) is 0 Å². The van der Waals surface area contributed by atoms with Crippen LogP contribution in [-0.4, -0.2) is 62.0 Å². The van der Waals surface area contributed by atoms with Crippen molar-refractivity contribution in [3.05, 3.63) is 0 Å². The van der Waals surface area contributed by atoms with Crippen molar-refractivity contribution < 1.29 is 14.3 Å². The number of amides is 1. The van der Waals surface area contributed by atoms with Crippen LogP contribution in [0.1, 0.15) is 19.8 Å². The van der Waals surface area contributed by atoms with E-state index in [1.165, 1.54) is 0 Å². The highest BCUT2D eigenvalue weighted by atomic mass is 16.5. The summed E-state index contributed by atoms with van der Waals surface area (Å²) in [4.78, 5) is 26.7. The Balaban J connectivity index is 2.36. The molecule has 1 heterocycles. The summed E-state index contributed by atoms with van der Waals surface area (Å²) in [6.07, 6.45) is 1.92. The zero-order valence-electron chi connectivity index (χ0n) is 10.9. The quantitative estimate of drug-likeness (QED) is 0.529. The number of ether oxygens (including phenoxy) is 1. The van der Waals surface area contributed by atoms with Crippen LogP contribution in [0.2, 0.25) is 0 Å². The molecule has 1 amide bonds. The van der Waals surface area contributed by atoms with Gasteiger partial charge in [-0.15, -0.1) is 0 Å². The maximum atomic E-state index is 11.7. The minimum atomic E-state index is -0.724. The van der Waals surface area contributed by atoms with Gasteiger partial charge in [-0.2, -0.15) is 0 Å². The van der Waals surface area contributed by atoms with Gasteiger partial charge in [-0.1, -0.05) is 0 Å². The van der Waals surface area contributed by atoms with E-state index in [-0.39, 0.29) is 6.61 Å². The SMILES string of the molecule is CCOC(=O)C(=O)N1CCC(CN(C)C)CC1. The molecule has 0 aromatic heterocycles. The fraction of sp³-hybridized carbons (Fsp3) is 0.833. The minimum Gasteiger partial charge on any atom is -0.459 e. The Labute approximate surface area is 103 Å². The van der Waals surface area contributed by atoms with Crippen LogP contribution in [0.15, 0.2) is 0 Å². The standard InChI is InChI=1S/C12H22N2O3/c1-4-17-12(16)11(15)14-7-5-10(6-8-14)9-13(2)3/h10H,4-9H2,1-3H3. The first kappa shape index (κ1) is 14.0. The Hall–Kier alpha value is -1.10. The topological polar surface area (TPSA) is 49.9 Å². The van der Waals surface area contributed by atoms with E-state index >= 15 is 0 Å². The number of carbonyl (C=O) groups is 2. The fourth-order valence-corrected chi connectivity index (χ4v) is 2.16. The molecule has 0 aromatic rings. The van der Waals surface area contributed by atoms with E-state index < -0.39 is 11.9 Å². The molecule has 5 nitrogen and oxygen atoms in total. The first-order chi connectivity index (χ1) is 8.04. The molecule has 1 aliphatic rings. The lowest BCUT2D eigenvalue weighted by Crippen LogP contribution is -2.44. The molecular weight excluding hydrogens is 220 g/mol. The number of hydrogen-bond acceptors (Lipinski definition) is 4. The average molecular weight is 242 g/mol. The third kappa shape index (κ3) is 4.34. The van der Waals surface area contributed by atoms with Gasteiger partial charge in [0, 0.05) is 19.6 Å². The van der Waals surface area contributed by atoms with Gasteiger partial charge in [0.1, 0.15) is 0 Å². The van der Waals surface area contributed by atoms with E-state index in [2.05, 4.69) is 19.0 Å². The van der Waals surface area contributed by atoms with Crippen LogP contribution >= 0.6 is 0 Å². The number of hydrogen-bond donors (Lipinski definition) is 0. The predicted octanol–water partition coefficient (Wildman–Crippen LogP) is 0.350. The molecule has 17 heavy (non-hydrogen) atoms. The lowest BCUT2D eigenvalue weighted by molar-refractivity contribution is -0.160. The molecule has 0 atom stereocenters. The van der Waals surface area contributed by atoms with E-state index in [1.807, 2.05) is 0 Å². The summed E-state index contributed by atoms with van der Waals surface area (Å²) < 4.78 is 4.71. The smallest absolute Gasteiger partial charge is 0.397 e. The van der Waals surface area contributed by atoms with Gasteiger partial charge in [-0.05, 0) is 39.8 Å². The Kier molecular flexibility index (Phi) is 5.41. The van der Waals surface area contributed by atoms with Gasteiger partial charge in [0.25, 0.3) is 0 Å².